The molecule has 3 amide bonds. The number of anilines is 4. The zero-order valence-electron chi connectivity index (χ0n) is 69.1. The van der Waals surface area contributed by atoms with Crippen molar-refractivity contribution in [3.05, 3.63) is 340 Å². The number of carboxylic acid groups (broad SMARTS) is 2. The standard InChI is InChI=1S/C22H23N3O.2C16H17BrN2O.C10H15N.C6H3BrN2.2C6H4BrNO2.C6H6N.2CH4.2B.BrH.FH.Na.H2O.Zn.2H2/c1-15-6-5-13-23-20(15)16-7-12-19(24-14-16)21(26)25-18-10-8-17(9-11-18)22(2,3)4;2*1-16(2,3)11-4-7-13(8-5-11)19-15(20)14-9-6-12(17)10-18-14;1-10(2,3)8-4-6-9(11)7-5-8;7-5-1-2-6(3-8)9-4-5;2*7-4-1-2-5(6(9)10)8-3-4;1-6-3-2-4-7-5-6;;;;;;;;;;;/h5-14H,1-4H3,(H,25,26);2*4-10H,1-3H3,(H,19,20);4-7H,11H2,1-3H3;1-2,4H;2*1-3H,(H,9,10);2-4H,1H3;2*1H4;;;2*1H;;1H2;;2*1H/q;;;;;;;-1;;;;;;;+1;;+2;;/p-2/i;;;;;;;;;;;;;;;;;2*1+1. The van der Waals surface area contributed by atoms with Gasteiger partial charge in [-0.1, -0.05) is 172 Å². The average Bonchev–Trinajstić information content (AvgIpc) is 0.838. The van der Waals surface area contributed by atoms with E-state index in [1.165, 1.54) is 63.1 Å². The summed E-state index contributed by atoms with van der Waals surface area (Å²) in [6.45, 7) is 30.0. The number of nitriles is 1. The molecule has 634 valence electrons. The van der Waals surface area contributed by atoms with Gasteiger partial charge in [0, 0.05) is 114 Å². The number of pyridine rings is 8. The normalized spacial score (nSPS) is 9.81. The van der Waals surface area contributed by atoms with Gasteiger partial charge >= 0.3 is 71.5 Å². The van der Waals surface area contributed by atoms with Crippen molar-refractivity contribution in [3.8, 4) is 17.3 Å². The van der Waals surface area contributed by atoms with Crippen LogP contribution in [0.25, 0.3) is 11.3 Å². The zero-order chi connectivity index (χ0) is 85.6. The number of carbonyl (C=O) groups is 5. The number of nitrogens with one attached hydrogen (secondary N) is 3. The third-order valence-corrected chi connectivity index (χ3v) is 17.8. The summed E-state index contributed by atoms with van der Waals surface area (Å²) in [7, 11) is 0. The van der Waals surface area contributed by atoms with Crippen LogP contribution in [0.5, 0.6) is 0 Å². The van der Waals surface area contributed by atoms with Crippen LogP contribution >= 0.6 is 93.3 Å². The second-order valence-electron chi connectivity index (χ2n) is 28.8. The number of aromatic carboxylic acids is 2. The van der Waals surface area contributed by atoms with Gasteiger partial charge < -0.3 is 42.4 Å². The second-order valence-corrected chi connectivity index (χ2v) is 33.4. The summed E-state index contributed by atoms with van der Waals surface area (Å²) in [6, 6.07) is 61.6. The third-order valence-electron chi connectivity index (χ3n) is 15.5. The number of nitrogen functional groups attached to an aromatic ring is 1. The van der Waals surface area contributed by atoms with E-state index in [9.17, 15) is 24.0 Å². The van der Waals surface area contributed by atoms with Crippen molar-refractivity contribution in [1.82, 2.24) is 39.9 Å². The van der Waals surface area contributed by atoms with Gasteiger partial charge in [0.15, 0.2) is 0 Å². The Morgan fingerprint density at radius 2 is 0.705 bits per heavy atom. The van der Waals surface area contributed by atoms with Gasteiger partial charge in [-0.25, -0.2) is 34.5 Å². The Hall–Kier alpha value is -8.76. The van der Waals surface area contributed by atoms with E-state index in [-0.39, 0.29) is 125 Å². The topological polar surface area (TPSA) is 345 Å². The maximum absolute atomic E-state index is 12.4. The Kier molecular flexibility index (Phi) is 58.7. The molecule has 12 aromatic rings. The van der Waals surface area contributed by atoms with Crippen LogP contribution in [0.2, 0.25) is 0 Å². The molecule has 0 unspecified atom stereocenters. The number of hydrogen-bond donors (Lipinski definition) is 6. The van der Waals surface area contributed by atoms with Gasteiger partial charge in [-0.05, 0) is 263 Å². The van der Waals surface area contributed by atoms with Crippen molar-refractivity contribution in [2.24, 2.45) is 0 Å². The Morgan fingerprint density at radius 3 is 0.934 bits per heavy atom. The van der Waals surface area contributed by atoms with Crippen LogP contribution in [0.15, 0.2) is 266 Å². The first-order chi connectivity index (χ1) is 54.2. The van der Waals surface area contributed by atoms with E-state index in [0.29, 0.717) is 22.8 Å². The molecule has 0 atom stereocenters. The number of benzene rings is 4. The summed E-state index contributed by atoms with van der Waals surface area (Å²) >= 11 is 20.3. The number of hydrogen-bond acceptors (Lipinski definition) is 16. The van der Waals surface area contributed by atoms with Crippen molar-refractivity contribution >= 4 is 163 Å². The van der Waals surface area contributed by atoms with Gasteiger partial charge in [0.25, 0.3) is 17.7 Å². The van der Waals surface area contributed by atoms with Crippen LogP contribution in [-0.4, -0.2) is 102 Å². The first kappa shape index (κ1) is 120. The summed E-state index contributed by atoms with van der Waals surface area (Å²) < 4.78 is 4.14. The van der Waals surface area contributed by atoms with Crippen molar-refractivity contribution in [2.75, 3.05) is 21.7 Å². The van der Waals surface area contributed by atoms with Gasteiger partial charge in [0.05, 0.1) is 5.69 Å². The molecule has 0 spiro atoms. The van der Waals surface area contributed by atoms with E-state index in [1.807, 2.05) is 135 Å². The van der Waals surface area contributed by atoms with Gasteiger partial charge in [0.1, 0.15) is 40.2 Å². The van der Waals surface area contributed by atoms with E-state index in [4.69, 9.17) is 21.2 Å². The number of aryl methyl sites for hydroxylation is 2. The number of aromatic nitrogens is 8. The number of halogens is 7. The molecule has 122 heavy (non-hydrogen) atoms. The van der Waals surface area contributed by atoms with E-state index < -0.39 is 11.9 Å². The van der Waals surface area contributed by atoms with Crippen molar-refractivity contribution in [3.63, 3.8) is 0 Å². The second kappa shape index (κ2) is 59.9. The molecule has 0 bridgehead atoms. The molecule has 21 nitrogen and oxygen atoms in total. The summed E-state index contributed by atoms with van der Waals surface area (Å²) in [4.78, 5) is 88.6. The number of carboxylic acids is 2. The first-order valence-corrected chi connectivity index (χ1v) is 46.1. The number of nitrogens with zero attached hydrogens (tertiary/aromatic N) is 9. The van der Waals surface area contributed by atoms with Crippen LogP contribution in [0, 0.1) is 31.4 Å². The van der Waals surface area contributed by atoms with Gasteiger partial charge in [-0.3, -0.25) is 29.1 Å². The molecule has 0 aliphatic carbocycles. The molecule has 0 fully saturated rings. The molecule has 8 heterocycles. The fourth-order valence-corrected chi connectivity index (χ4v) is 10.2. The molecule has 8 N–H and O–H groups in total. The maximum atomic E-state index is 12.4. The van der Waals surface area contributed by atoms with Crippen LogP contribution in [0.4, 0.5) is 27.5 Å². The number of carbonyl (C=O) groups excluding carboxylic acids is 3. The Morgan fingerprint density at radius 1 is 0.418 bits per heavy atom. The Balaban J connectivity index is -0.000000327. The van der Waals surface area contributed by atoms with Crippen LogP contribution in [0.3, 0.4) is 0 Å². The fraction of sp³-hybridized carbons (Fsp3) is 0.222. The molecule has 4 aromatic carbocycles. The quantitative estimate of drug-likeness (QED) is 0.0444. The number of amides is 3. The first-order valence-electron chi connectivity index (χ1n) is 35.2. The van der Waals surface area contributed by atoms with Crippen LogP contribution in [0.1, 0.15) is 192 Å². The fourth-order valence-electron chi connectivity index (χ4n) is 9.06. The molecule has 0 saturated heterocycles. The van der Waals surface area contributed by atoms with Gasteiger partial charge in [-0.2, -0.15) is 17.4 Å². The van der Waals surface area contributed by atoms with Crippen molar-refractivity contribution in [2.45, 2.75) is 133 Å². The molecule has 6 radical (unpaired) electrons. The van der Waals surface area contributed by atoms with Crippen LogP contribution < -0.4 is 51.2 Å². The summed E-state index contributed by atoms with van der Waals surface area (Å²) in [5, 5.41) is 33.7. The van der Waals surface area contributed by atoms with Gasteiger partial charge in [-0.15, -0.1) is 5.56 Å². The summed E-state index contributed by atoms with van der Waals surface area (Å²) in [5.74, 6) is -2.65. The van der Waals surface area contributed by atoms with Crippen molar-refractivity contribution in [1.29, 1.82) is 5.26 Å². The molecule has 0 aliphatic heterocycles. The van der Waals surface area contributed by atoms with Crippen molar-refractivity contribution < 1.29 is 93.1 Å². The monoisotopic (exact) mass is 2100 g/mol. The molecule has 8 aromatic heterocycles. The van der Waals surface area contributed by atoms with Gasteiger partial charge in [0.2, 0.25) is 0 Å². The minimum absolute atomic E-state index is 0. The average molecular weight is 2110 g/mol. The van der Waals surface area contributed by atoms with E-state index in [2.05, 4.69) is 251 Å². The number of nitrogens with two attached hydrogens (primary N) is 1. The van der Waals surface area contributed by atoms with Crippen LogP contribution in [-0.2, 0) is 38.0 Å². The molecular weight excluding hydrogens is 2000 g/mol. The molecule has 12 rings (SSSR count). The predicted molar refractivity (Wildman–Crippen MR) is 510 cm³/mol. The summed E-state index contributed by atoms with van der Waals surface area (Å²) in [6.07, 6.45) is 15.6. The summed E-state index contributed by atoms with van der Waals surface area (Å²) in [5.41, 5.74) is 19.9. The molecule has 32 heteroatoms. The molecule has 0 aliphatic rings. The third kappa shape index (κ3) is 45.6. The Bertz CT molecular complexity index is 4920. The van der Waals surface area contributed by atoms with E-state index >= 15 is 0 Å². The predicted octanol–water partition coefficient (Wildman–Crippen LogP) is 21.2. The van der Waals surface area contributed by atoms with E-state index in [1.54, 1.807) is 91.8 Å². The number of rotatable bonds is 9. The molecular formula is C90H103B2Br6FN13NaO8Zn. The SMILES string of the molecule is C.C.CC(C)(C)c1ccc(N)cc1.CC(C)(C)c1ccc(NC(=O)c2ccc(Br)cn2)cc1.CC(C)(C)c1ccc(NC(=O)c2ccc(Br)cn2)cc1.Cc1[c-]nccc1.Cc1cccnc1-c1ccc(C(=O)Nc2ccc(C(C)(C)C)cc2)nc1.F.N#Cc1ccc(Br)cn1.O=C(O)c1ccc(Br)cn1.O=C(O)c1ccc(Br)cn1.[2HH].[2HH].[B].[B].[Na+].[OH-].[Zn+][Br]. The molecule has 0 saturated carbocycles. The van der Waals surface area contributed by atoms with E-state index in [0.717, 1.165) is 67.5 Å². The Labute approximate surface area is 805 Å². The zero-order valence-corrected chi connectivity index (χ0v) is 83.6. The minimum atomic E-state index is -1.01.